The van der Waals surface area contributed by atoms with Crippen LogP contribution in [0.3, 0.4) is 0 Å². The second kappa shape index (κ2) is 9.70. The molecule has 0 bridgehead atoms. The summed E-state index contributed by atoms with van der Waals surface area (Å²) in [5, 5.41) is 0. The van der Waals surface area contributed by atoms with Gasteiger partial charge in [-0.1, -0.05) is 79.9 Å². The minimum absolute atomic E-state index is 0.0494. The van der Waals surface area contributed by atoms with Crippen LogP contribution < -0.4 is 4.74 Å². The first kappa shape index (κ1) is 27.0. The van der Waals surface area contributed by atoms with Crippen LogP contribution in [0.15, 0.2) is 89.8 Å². The largest absolute Gasteiger partial charge is 0.464 e. The van der Waals surface area contributed by atoms with E-state index in [0.717, 1.165) is 30.7 Å². The highest BCUT2D eigenvalue weighted by Crippen LogP contribution is 2.54. The van der Waals surface area contributed by atoms with Crippen LogP contribution in [-0.4, -0.2) is 20.8 Å². The fourth-order valence-electron chi connectivity index (χ4n) is 5.00. The summed E-state index contributed by atoms with van der Waals surface area (Å²) in [4.78, 5) is 0.0494. The van der Waals surface area contributed by atoms with Gasteiger partial charge in [0.2, 0.25) is 0 Å². The van der Waals surface area contributed by atoms with Crippen molar-refractivity contribution in [3.05, 3.63) is 96.1 Å². The van der Waals surface area contributed by atoms with Gasteiger partial charge in [0, 0.05) is 5.56 Å². The molecule has 0 saturated heterocycles. The highest BCUT2D eigenvalue weighted by atomic mass is 32.2. The Morgan fingerprint density at radius 1 is 0.649 bits per heavy atom. The monoisotopic (exact) mass is 542 g/mol. The van der Waals surface area contributed by atoms with E-state index < -0.39 is 43.9 Å². The number of hydrogen-bond donors (Lipinski definition) is 0. The van der Waals surface area contributed by atoms with Gasteiger partial charge in [0.15, 0.2) is 9.84 Å². The van der Waals surface area contributed by atoms with Gasteiger partial charge in [-0.3, -0.25) is 0 Å². The van der Waals surface area contributed by atoms with Crippen LogP contribution >= 0.6 is 0 Å². The Morgan fingerprint density at radius 2 is 1.14 bits per heavy atom. The summed E-state index contributed by atoms with van der Waals surface area (Å²) in [6, 6.07) is 17.1. The molecule has 0 unspecified atom stereocenters. The second-order valence-corrected chi connectivity index (χ2v) is 11.3. The van der Waals surface area contributed by atoms with Crippen LogP contribution in [0.5, 0.6) is 5.75 Å². The van der Waals surface area contributed by atoms with E-state index in [0.29, 0.717) is 25.0 Å². The lowest BCUT2D eigenvalue weighted by Crippen LogP contribution is -2.58. The second-order valence-electron chi connectivity index (χ2n) is 9.04. The van der Waals surface area contributed by atoms with Gasteiger partial charge >= 0.3 is 18.0 Å². The topological polar surface area (TPSA) is 43.4 Å². The highest BCUT2D eigenvalue weighted by molar-refractivity contribution is 7.92. The number of halogens is 6. The Morgan fingerprint density at radius 3 is 1.62 bits per heavy atom. The zero-order valence-electron chi connectivity index (χ0n) is 19.5. The van der Waals surface area contributed by atoms with Crippen molar-refractivity contribution >= 4 is 9.84 Å². The molecule has 4 rings (SSSR count). The first-order chi connectivity index (χ1) is 17.4. The van der Waals surface area contributed by atoms with Crippen molar-refractivity contribution in [1.29, 1.82) is 0 Å². The molecule has 1 aliphatic rings. The maximum absolute atomic E-state index is 14.2. The molecule has 3 aromatic rings. The Bertz CT molecular complexity index is 1280. The van der Waals surface area contributed by atoms with Crippen molar-refractivity contribution in [2.75, 3.05) is 0 Å². The molecule has 0 spiro atoms. The van der Waals surface area contributed by atoms with Gasteiger partial charge in [-0.2, -0.15) is 26.3 Å². The number of para-hydroxylation sites is 1. The first-order valence-corrected chi connectivity index (χ1v) is 13.1. The third-order valence-corrected chi connectivity index (χ3v) is 9.42. The lowest BCUT2D eigenvalue weighted by atomic mass is 9.81. The Balaban J connectivity index is 1.86. The summed E-state index contributed by atoms with van der Waals surface area (Å²) < 4.78 is 116. The predicted molar refractivity (Wildman–Crippen MR) is 126 cm³/mol. The lowest BCUT2D eigenvalue weighted by molar-refractivity contribution is -0.365. The van der Waals surface area contributed by atoms with Gasteiger partial charge in [0.25, 0.3) is 0 Å². The molecule has 0 heterocycles. The number of hydrogen-bond acceptors (Lipinski definition) is 3. The van der Waals surface area contributed by atoms with Gasteiger partial charge in [-0.15, -0.1) is 0 Å². The molecule has 0 radical (unpaired) electrons. The summed E-state index contributed by atoms with van der Waals surface area (Å²) in [5.41, 5.74) is -5.70. The number of ether oxygens (including phenoxy) is 1. The number of rotatable bonds is 6. The third kappa shape index (κ3) is 4.60. The van der Waals surface area contributed by atoms with E-state index >= 15 is 0 Å². The molecule has 198 valence electrons. The van der Waals surface area contributed by atoms with Crippen LogP contribution in [0.25, 0.3) is 0 Å². The Kier molecular flexibility index (Phi) is 7.09. The average Bonchev–Trinajstić information content (AvgIpc) is 2.87. The fourth-order valence-corrected chi connectivity index (χ4v) is 7.24. The molecule has 1 aliphatic carbocycles. The quantitative estimate of drug-likeness (QED) is 0.300. The van der Waals surface area contributed by atoms with Crippen molar-refractivity contribution < 1.29 is 39.5 Å². The van der Waals surface area contributed by atoms with Gasteiger partial charge < -0.3 is 4.74 Å². The molecular weight excluding hydrogens is 518 g/mol. The SMILES string of the molecule is O=S(=O)(c1ccccc1)C1(c2ccc(C(Oc3ccccc3)(C(F)(F)F)C(F)(F)F)cc2)CCCCC1. The number of benzene rings is 3. The number of sulfone groups is 1. The van der Waals surface area contributed by atoms with E-state index in [2.05, 4.69) is 0 Å². The highest BCUT2D eigenvalue weighted by Gasteiger charge is 2.74. The molecule has 0 aromatic heterocycles. The van der Waals surface area contributed by atoms with E-state index in [-0.39, 0.29) is 23.3 Å². The standard InChI is InChI=1S/C27H24F6O3S/c28-26(29,30)25(27(31,32)33,36-22-10-4-1-5-11-22)21-16-14-20(15-17-21)24(18-8-3-9-19-24)37(34,35)23-12-6-2-7-13-23/h1-2,4-7,10-17H,3,8-9,18-19H2. The molecule has 0 amide bonds. The van der Waals surface area contributed by atoms with Gasteiger partial charge in [-0.25, -0.2) is 8.42 Å². The van der Waals surface area contributed by atoms with Gasteiger partial charge in [-0.05, 0) is 42.7 Å². The van der Waals surface area contributed by atoms with E-state index in [9.17, 15) is 34.8 Å². The molecule has 3 nitrogen and oxygen atoms in total. The fraction of sp³-hybridized carbons (Fsp3) is 0.333. The Labute approximate surface area is 211 Å². The van der Waals surface area contributed by atoms with E-state index in [1.54, 1.807) is 18.2 Å². The molecule has 0 atom stereocenters. The van der Waals surface area contributed by atoms with Crippen molar-refractivity contribution in [3.8, 4) is 5.75 Å². The molecular formula is C27H24F6O3S. The van der Waals surface area contributed by atoms with Gasteiger partial charge in [0.05, 0.1) is 4.90 Å². The molecule has 1 fully saturated rings. The first-order valence-electron chi connectivity index (χ1n) is 11.6. The lowest BCUT2D eigenvalue weighted by Gasteiger charge is -2.39. The summed E-state index contributed by atoms with van der Waals surface area (Å²) in [7, 11) is -4.01. The number of alkyl halides is 6. The van der Waals surface area contributed by atoms with Crippen molar-refractivity contribution in [2.24, 2.45) is 0 Å². The normalized spacial score (nSPS) is 16.8. The third-order valence-electron chi connectivity index (χ3n) is 6.86. The smallest absolute Gasteiger partial charge is 0.442 e. The van der Waals surface area contributed by atoms with E-state index in [1.165, 1.54) is 30.3 Å². The summed E-state index contributed by atoms with van der Waals surface area (Å²) >= 11 is 0. The molecule has 1 saturated carbocycles. The molecule has 37 heavy (non-hydrogen) atoms. The van der Waals surface area contributed by atoms with Crippen LogP contribution in [0, 0.1) is 0 Å². The van der Waals surface area contributed by atoms with Crippen molar-refractivity contribution in [1.82, 2.24) is 0 Å². The van der Waals surface area contributed by atoms with Crippen molar-refractivity contribution in [3.63, 3.8) is 0 Å². The Hall–Kier alpha value is -3.01. The average molecular weight is 543 g/mol. The summed E-state index contributed by atoms with van der Waals surface area (Å²) in [5.74, 6) is -0.614. The van der Waals surface area contributed by atoms with Crippen molar-refractivity contribution in [2.45, 2.75) is 59.7 Å². The maximum Gasteiger partial charge on any atom is 0.442 e. The molecule has 0 aliphatic heterocycles. The van der Waals surface area contributed by atoms with Crippen LogP contribution in [0.2, 0.25) is 0 Å². The van der Waals surface area contributed by atoms with Crippen LogP contribution in [0.1, 0.15) is 43.2 Å². The minimum atomic E-state index is -5.87. The maximum atomic E-state index is 14.2. The zero-order valence-corrected chi connectivity index (χ0v) is 20.3. The summed E-state index contributed by atoms with van der Waals surface area (Å²) in [6.45, 7) is 0. The minimum Gasteiger partial charge on any atom is -0.464 e. The molecule has 0 N–H and O–H groups in total. The summed E-state index contributed by atoms with van der Waals surface area (Å²) in [6.07, 6.45) is -9.45. The molecule has 3 aromatic carbocycles. The van der Waals surface area contributed by atoms with Gasteiger partial charge in [0.1, 0.15) is 10.5 Å². The zero-order chi connectivity index (χ0) is 27.0. The predicted octanol–water partition coefficient (Wildman–Crippen LogP) is 7.72. The van der Waals surface area contributed by atoms with Crippen LogP contribution in [0.4, 0.5) is 26.3 Å². The van der Waals surface area contributed by atoms with E-state index in [1.807, 2.05) is 0 Å². The van der Waals surface area contributed by atoms with E-state index in [4.69, 9.17) is 4.74 Å². The van der Waals surface area contributed by atoms with Crippen LogP contribution in [-0.2, 0) is 20.2 Å². The molecule has 10 heteroatoms.